The third-order valence-corrected chi connectivity index (χ3v) is 3.15. The highest BCUT2D eigenvalue weighted by Crippen LogP contribution is 2.21. The van der Waals surface area contributed by atoms with Gasteiger partial charge in [0.1, 0.15) is 0 Å². The van der Waals surface area contributed by atoms with E-state index in [1.165, 1.54) is 0 Å². The molecule has 0 aromatic carbocycles. The summed E-state index contributed by atoms with van der Waals surface area (Å²) in [6, 6.07) is 3.64. The van der Waals surface area contributed by atoms with Crippen LogP contribution < -0.4 is 10.5 Å². The Hall–Kier alpha value is -2.11. The molecule has 0 saturated carbocycles. The molecule has 0 radical (unpaired) electrons. The molecule has 1 aliphatic rings. The maximum atomic E-state index is 11.8. The van der Waals surface area contributed by atoms with Gasteiger partial charge in [0.15, 0.2) is 0 Å². The molecule has 108 valence electrons. The Balaban J connectivity index is 2.03. The Morgan fingerprint density at radius 3 is 2.95 bits per heavy atom. The first-order valence-electron chi connectivity index (χ1n) is 6.64. The molecule has 2 heterocycles. The Morgan fingerprint density at radius 2 is 2.35 bits per heavy atom. The van der Waals surface area contributed by atoms with E-state index in [2.05, 4.69) is 4.98 Å². The first-order chi connectivity index (χ1) is 9.45. The van der Waals surface area contributed by atoms with Crippen LogP contribution in [0.5, 0.6) is 5.88 Å². The molecule has 1 unspecified atom stereocenters. The minimum Gasteiger partial charge on any atom is -0.475 e. The molecular weight excluding hydrogens is 258 g/mol. The van der Waals surface area contributed by atoms with Gasteiger partial charge in [-0.15, -0.1) is 0 Å². The fourth-order valence-corrected chi connectivity index (χ4v) is 2.19. The van der Waals surface area contributed by atoms with Gasteiger partial charge in [-0.05, 0) is 25.5 Å². The standard InChI is InChI=1S/C14H19N3O3/c1-9(2)20-12-5-10(3-4-16-12)7-17-8-11(14(15)19)6-13(17)18/h3-5,9,11H,6-8H2,1-2H3,(H2,15,19). The Morgan fingerprint density at radius 1 is 1.60 bits per heavy atom. The first kappa shape index (κ1) is 14.3. The zero-order valence-corrected chi connectivity index (χ0v) is 11.7. The lowest BCUT2D eigenvalue weighted by Crippen LogP contribution is -2.28. The highest BCUT2D eigenvalue weighted by atomic mass is 16.5. The molecule has 20 heavy (non-hydrogen) atoms. The van der Waals surface area contributed by atoms with Crippen LogP contribution >= 0.6 is 0 Å². The molecule has 1 aliphatic heterocycles. The summed E-state index contributed by atoms with van der Waals surface area (Å²) < 4.78 is 5.52. The number of hydrogen-bond acceptors (Lipinski definition) is 4. The number of aromatic nitrogens is 1. The monoisotopic (exact) mass is 277 g/mol. The van der Waals surface area contributed by atoms with Crippen molar-refractivity contribution in [2.75, 3.05) is 6.54 Å². The van der Waals surface area contributed by atoms with Crippen LogP contribution in [-0.4, -0.2) is 34.3 Å². The van der Waals surface area contributed by atoms with E-state index in [-0.39, 0.29) is 24.3 Å². The van der Waals surface area contributed by atoms with Crippen LogP contribution in [0.25, 0.3) is 0 Å². The number of carbonyl (C=O) groups excluding carboxylic acids is 2. The zero-order valence-electron chi connectivity index (χ0n) is 11.7. The second-order valence-corrected chi connectivity index (χ2v) is 5.25. The highest BCUT2D eigenvalue weighted by molar-refractivity contribution is 5.88. The van der Waals surface area contributed by atoms with Crippen molar-refractivity contribution in [2.24, 2.45) is 11.7 Å². The molecule has 1 atom stereocenters. The summed E-state index contributed by atoms with van der Waals surface area (Å²) in [5.74, 6) is -0.303. The van der Waals surface area contributed by atoms with Gasteiger partial charge in [-0.2, -0.15) is 0 Å². The lowest BCUT2D eigenvalue weighted by atomic mass is 10.1. The van der Waals surface area contributed by atoms with Gasteiger partial charge < -0.3 is 15.4 Å². The predicted octanol–water partition coefficient (Wildman–Crippen LogP) is 0.703. The quantitative estimate of drug-likeness (QED) is 0.858. The molecule has 1 aromatic heterocycles. The Labute approximate surface area is 117 Å². The molecule has 2 amide bonds. The van der Waals surface area contributed by atoms with Gasteiger partial charge in [-0.1, -0.05) is 0 Å². The molecule has 1 aromatic rings. The van der Waals surface area contributed by atoms with E-state index in [4.69, 9.17) is 10.5 Å². The molecule has 2 rings (SSSR count). The van der Waals surface area contributed by atoms with E-state index in [1.54, 1.807) is 11.1 Å². The second kappa shape index (κ2) is 5.90. The third kappa shape index (κ3) is 3.46. The SMILES string of the molecule is CC(C)Oc1cc(CN2CC(C(N)=O)CC2=O)ccn1. The summed E-state index contributed by atoms with van der Waals surface area (Å²) in [4.78, 5) is 28.7. The van der Waals surface area contributed by atoms with Crippen molar-refractivity contribution in [1.82, 2.24) is 9.88 Å². The number of ether oxygens (including phenoxy) is 1. The van der Waals surface area contributed by atoms with Crippen molar-refractivity contribution in [1.29, 1.82) is 0 Å². The topological polar surface area (TPSA) is 85.5 Å². The number of amides is 2. The summed E-state index contributed by atoms with van der Waals surface area (Å²) in [5.41, 5.74) is 6.17. The van der Waals surface area contributed by atoms with Crippen LogP contribution in [0.1, 0.15) is 25.8 Å². The van der Waals surface area contributed by atoms with Gasteiger partial charge >= 0.3 is 0 Å². The molecule has 0 spiro atoms. The first-order valence-corrected chi connectivity index (χ1v) is 6.64. The largest absolute Gasteiger partial charge is 0.475 e. The fourth-order valence-electron chi connectivity index (χ4n) is 2.19. The smallest absolute Gasteiger partial charge is 0.223 e. The number of nitrogens with zero attached hydrogens (tertiary/aromatic N) is 2. The molecule has 6 nitrogen and oxygen atoms in total. The van der Waals surface area contributed by atoms with Crippen LogP contribution in [0.4, 0.5) is 0 Å². The van der Waals surface area contributed by atoms with Crippen molar-refractivity contribution < 1.29 is 14.3 Å². The Bertz CT molecular complexity index is 516. The van der Waals surface area contributed by atoms with Crippen LogP contribution in [-0.2, 0) is 16.1 Å². The molecule has 2 N–H and O–H groups in total. The van der Waals surface area contributed by atoms with Gasteiger partial charge in [-0.3, -0.25) is 9.59 Å². The fraction of sp³-hybridized carbons (Fsp3) is 0.500. The summed E-state index contributed by atoms with van der Waals surface area (Å²) in [6.07, 6.45) is 1.90. The van der Waals surface area contributed by atoms with Gasteiger partial charge in [-0.25, -0.2) is 4.98 Å². The average molecular weight is 277 g/mol. The van der Waals surface area contributed by atoms with E-state index in [0.717, 1.165) is 5.56 Å². The predicted molar refractivity (Wildman–Crippen MR) is 72.7 cm³/mol. The van der Waals surface area contributed by atoms with Gasteiger partial charge in [0.05, 0.1) is 12.0 Å². The van der Waals surface area contributed by atoms with Crippen molar-refractivity contribution in [2.45, 2.75) is 32.9 Å². The molecular formula is C14H19N3O3. The van der Waals surface area contributed by atoms with Crippen LogP contribution in [0.3, 0.4) is 0 Å². The van der Waals surface area contributed by atoms with Crippen LogP contribution in [0.2, 0.25) is 0 Å². The number of pyridine rings is 1. The number of carbonyl (C=O) groups is 2. The average Bonchev–Trinajstić information content (AvgIpc) is 2.71. The molecule has 6 heteroatoms. The van der Waals surface area contributed by atoms with Gasteiger partial charge in [0, 0.05) is 31.8 Å². The van der Waals surface area contributed by atoms with Crippen molar-refractivity contribution >= 4 is 11.8 Å². The van der Waals surface area contributed by atoms with Gasteiger partial charge in [0.2, 0.25) is 17.7 Å². The van der Waals surface area contributed by atoms with E-state index in [1.807, 2.05) is 26.0 Å². The van der Waals surface area contributed by atoms with Crippen LogP contribution in [0, 0.1) is 5.92 Å². The van der Waals surface area contributed by atoms with Gasteiger partial charge in [0.25, 0.3) is 0 Å². The molecule has 0 aliphatic carbocycles. The highest BCUT2D eigenvalue weighted by Gasteiger charge is 2.32. The maximum absolute atomic E-state index is 11.8. The minimum absolute atomic E-state index is 0.0445. The summed E-state index contributed by atoms with van der Waals surface area (Å²) in [7, 11) is 0. The van der Waals surface area contributed by atoms with E-state index in [9.17, 15) is 9.59 Å². The summed E-state index contributed by atoms with van der Waals surface area (Å²) >= 11 is 0. The molecule has 0 bridgehead atoms. The molecule has 1 saturated heterocycles. The number of likely N-dealkylation sites (tertiary alicyclic amines) is 1. The number of nitrogens with two attached hydrogens (primary N) is 1. The Kier molecular flexibility index (Phi) is 4.22. The summed E-state index contributed by atoms with van der Waals surface area (Å²) in [5, 5.41) is 0. The van der Waals surface area contributed by atoms with E-state index in [0.29, 0.717) is 19.0 Å². The van der Waals surface area contributed by atoms with Crippen molar-refractivity contribution in [3.05, 3.63) is 23.9 Å². The van der Waals surface area contributed by atoms with Crippen LogP contribution in [0.15, 0.2) is 18.3 Å². The molecule has 1 fully saturated rings. The number of hydrogen-bond donors (Lipinski definition) is 1. The van der Waals surface area contributed by atoms with Crippen molar-refractivity contribution in [3.63, 3.8) is 0 Å². The summed E-state index contributed by atoms with van der Waals surface area (Å²) in [6.45, 7) is 4.68. The van der Waals surface area contributed by atoms with E-state index >= 15 is 0 Å². The lowest BCUT2D eigenvalue weighted by Gasteiger charge is -2.17. The minimum atomic E-state index is -0.417. The zero-order chi connectivity index (χ0) is 14.7. The lowest BCUT2D eigenvalue weighted by molar-refractivity contribution is -0.128. The van der Waals surface area contributed by atoms with Crippen molar-refractivity contribution in [3.8, 4) is 5.88 Å². The number of primary amides is 1. The normalized spacial score (nSPS) is 18.6. The maximum Gasteiger partial charge on any atom is 0.223 e. The van der Waals surface area contributed by atoms with E-state index < -0.39 is 5.91 Å². The second-order valence-electron chi connectivity index (χ2n) is 5.25. The third-order valence-electron chi connectivity index (χ3n) is 3.15. The number of rotatable bonds is 5.